The number of halogens is 2. The maximum atomic E-state index is 12.9. The molecule has 0 atom stereocenters. The standard InChI is InChI=1S/C21H24ClN3O2S.ClH/c1-15-12-16(22)13-18-20(15)23-21(28-18)25(11-7-10-24(2)3)19(26)14-27-17-8-5-4-6-9-17;/h4-6,8-9,12-13H,7,10-11,14H2,1-3H3;1H. The molecule has 156 valence electrons. The molecule has 0 saturated heterocycles. The summed E-state index contributed by atoms with van der Waals surface area (Å²) in [5.74, 6) is 0.571. The first kappa shape index (κ1) is 23.4. The number of thiazole rings is 1. The zero-order valence-electron chi connectivity index (χ0n) is 16.7. The molecule has 2 aromatic carbocycles. The maximum absolute atomic E-state index is 12.9. The first-order valence-corrected chi connectivity index (χ1v) is 10.3. The fourth-order valence-electron chi connectivity index (χ4n) is 2.87. The van der Waals surface area contributed by atoms with Crippen LogP contribution in [0.2, 0.25) is 5.02 Å². The fourth-order valence-corrected chi connectivity index (χ4v) is 4.33. The number of hydrogen-bond acceptors (Lipinski definition) is 5. The lowest BCUT2D eigenvalue weighted by atomic mass is 10.2. The van der Waals surface area contributed by atoms with Gasteiger partial charge in [0.05, 0.1) is 10.2 Å². The molecule has 5 nitrogen and oxygen atoms in total. The first-order valence-electron chi connectivity index (χ1n) is 9.13. The van der Waals surface area contributed by atoms with E-state index in [1.54, 1.807) is 4.90 Å². The summed E-state index contributed by atoms with van der Waals surface area (Å²) in [5.41, 5.74) is 1.89. The molecule has 29 heavy (non-hydrogen) atoms. The molecule has 0 spiro atoms. The van der Waals surface area contributed by atoms with Crippen molar-refractivity contribution in [2.45, 2.75) is 13.3 Å². The summed E-state index contributed by atoms with van der Waals surface area (Å²) < 4.78 is 6.65. The third-order valence-electron chi connectivity index (χ3n) is 4.26. The maximum Gasteiger partial charge on any atom is 0.266 e. The van der Waals surface area contributed by atoms with Crippen molar-refractivity contribution in [3.05, 3.63) is 53.1 Å². The van der Waals surface area contributed by atoms with E-state index in [0.717, 1.165) is 28.7 Å². The van der Waals surface area contributed by atoms with Crippen LogP contribution in [-0.2, 0) is 4.79 Å². The Kier molecular flexibility index (Phi) is 8.71. The molecule has 0 unspecified atom stereocenters. The minimum Gasteiger partial charge on any atom is -0.484 e. The van der Waals surface area contributed by atoms with Gasteiger partial charge in [-0.05, 0) is 63.8 Å². The molecule has 0 radical (unpaired) electrons. The molecule has 1 heterocycles. The van der Waals surface area contributed by atoms with Crippen LogP contribution in [0.1, 0.15) is 12.0 Å². The highest BCUT2D eigenvalue weighted by Gasteiger charge is 2.21. The summed E-state index contributed by atoms with van der Waals surface area (Å²) in [5, 5.41) is 1.36. The van der Waals surface area contributed by atoms with Crippen molar-refractivity contribution in [2.75, 3.05) is 38.7 Å². The number of carbonyl (C=O) groups is 1. The lowest BCUT2D eigenvalue weighted by molar-refractivity contribution is -0.120. The number of benzene rings is 2. The van der Waals surface area contributed by atoms with E-state index in [2.05, 4.69) is 4.90 Å². The Morgan fingerprint density at radius 1 is 1.17 bits per heavy atom. The van der Waals surface area contributed by atoms with E-state index in [9.17, 15) is 4.79 Å². The van der Waals surface area contributed by atoms with E-state index in [4.69, 9.17) is 21.3 Å². The van der Waals surface area contributed by atoms with Crippen molar-refractivity contribution in [1.29, 1.82) is 0 Å². The van der Waals surface area contributed by atoms with Crippen LogP contribution in [0.25, 0.3) is 10.2 Å². The molecule has 0 saturated carbocycles. The smallest absolute Gasteiger partial charge is 0.266 e. The van der Waals surface area contributed by atoms with Gasteiger partial charge in [0, 0.05) is 11.6 Å². The van der Waals surface area contributed by atoms with Crippen LogP contribution in [0, 0.1) is 6.92 Å². The molecule has 1 aromatic heterocycles. The normalized spacial score (nSPS) is 10.8. The zero-order valence-corrected chi connectivity index (χ0v) is 19.1. The van der Waals surface area contributed by atoms with Crippen molar-refractivity contribution < 1.29 is 9.53 Å². The molecular weight excluding hydrogens is 429 g/mol. The van der Waals surface area contributed by atoms with E-state index in [1.807, 2.05) is 63.5 Å². The molecular formula is C21H25Cl2N3O2S. The average molecular weight is 454 g/mol. The zero-order chi connectivity index (χ0) is 20.1. The monoisotopic (exact) mass is 453 g/mol. The van der Waals surface area contributed by atoms with Gasteiger partial charge in [0.25, 0.3) is 5.91 Å². The first-order chi connectivity index (χ1) is 13.4. The summed E-state index contributed by atoms with van der Waals surface area (Å²) in [7, 11) is 4.04. The number of fused-ring (bicyclic) bond motifs is 1. The highest BCUT2D eigenvalue weighted by molar-refractivity contribution is 7.22. The van der Waals surface area contributed by atoms with E-state index in [-0.39, 0.29) is 24.9 Å². The van der Waals surface area contributed by atoms with E-state index < -0.39 is 0 Å². The van der Waals surface area contributed by atoms with Crippen molar-refractivity contribution in [3.8, 4) is 5.75 Å². The van der Waals surface area contributed by atoms with Crippen LogP contribution >= 0.6 is 35.3 Å². The molecule has 0 bridgehead atoms. The summed E-state index contributed by atoms with van der Waals surface area (Å²) in [4.78, 5) is 21.5. The molecule has 0 fully saturated rings. The van der Waals surface area contributed by atoms with E-state index >= 15 is 0 Å². The van der Waals surface area contributed by atoms with Gasteiger partial charge in [0.15, 0.2) is 11.7 Å². The van der Waals surface area contributed by atoms with Crippen LogP contribution in [0.3, 0.4) is 0 Å². The largest absolute Gasteiger partial charge is 0.484 e. The molecule has 1 amide bonds. The molecule has 0 N–H and O–H groups in total. The van der Waals surface area contributed by atoms with E-state index in [0.29, 0.717) is 22.4 Å². The summed E-state index contributed by atoms with van der Waals surface area (Å²) in [6, 6.07) is 13.2. The van der Waals surface area contributed by atoms with Crippen molar-refractivity contribution in [2.24, 2.45) is 0 Å². The Labute approximate surface area is 186 Å². The highest BCUT2D eigenvalue weighted by atomic mass is 35.5. The lowest BCUT2D eigenvalue weighted by Crippen LogP contribution is -2.36. The number of hydrogen-bond donors (Lipinski definition) is 0. The second kappa shape index (κ2) is 10.8. The van der Waals surface area contributed by atoms with Crippen molar-refractivity contribution >= 4 is 56.6 Å². The number of aryl methyl sites for hydroxylation is 1. The third kappa shape index (κ3) is 6.31. The van der Waals surface area contributed by atoms with Crippen LogP contribution in [0.5, 0.6) is 5.75 Å². The fraction of sp³-hybridized carbons (Fsp3) is 0.333. The summed E-state index contributed by atoms with van der Waals surface area (Å²) in [6.45, 7) is 3.43. The molecule has 8 heteroatoms. The van der Waals surface area contributed by atoms with Crippen molar-refractivity contribution in [1.82, 2.24) is 9.88 Å². The van der Waals surface area contributed by atoms with Gasteiger partial charge in [-0.2, -0.15) is 0 Å². The predicted octanol–water partition coefficient (Wildman–Crippen LogP) is 5.04. The third-order valence-corrected chi connectivity index (χ3v) is 5.51. The van der Waals surface area contributed by atoms with Gasteiger partial charge in [-0.3, -0.25) is 9.69 Å². The Morgan fingerprint density at radius 2 is 1.90 bits per heavy atom. The van der Waals surface area contributed by atoms with Crippen LogP contribution in [0.15, 0.2) is 42.5 Å². The van der Waals surface area contributed by atoms with Crippen LogP contribution < -0.4 is 9.64 Å². The number of anilines is 1. The number of para-hydroxylation sites is 1. The predicted molar refractivity (Wildman–Crippen MR) is 124 cm³/mol. The Balaban J connectivity index is 0.00000300. The second-order valence-corrected chi connectivity index (χ2v) is 8.32. The summed E-state index contributed by atoms with van der Waals surface area (Å²) in [6.07, 6.45) is 0.847. The summed E-state index contributed by atoms with van der Waals surface area (Å²) >= 11 is 7.67. The Hall–Kier alpha value is -1.86. The molecule has 0 aliphatic rings. The molecule has 0 aliphatic carbocycles. The van der Waals surface area contributed by atoms with Crippen LogP contribution in [0.4, 0.5) is 5.13 Å². The number of ether oxygens (including phenoxy) is 1. The Bertz CT molecular complexity index is 948. The molecule has 0 aliphatic heterocycles. The minimum atomic E-state index is -0.106. The number of rotatable bonds is 8. The van der Waals surface area contributed by atoms with Gasteiger partial charge in [0.1, 0.15) is 5.75 Å². The minimum absolute atomic E-state index is 0. The van der Waals surface area contributed by atoms with Gasteiger partial charge in [-0.25, -0.2) is 4.98 Å². The van der Waals surface area contributed by atoms with Crippen LogP contribution in [-0.4, -0.2) is 49.6 Å². The topological polar surface area (TPSA) is 45.7 Å². The number of aromatic nitrogens is 1. The number of amides is 1. The number of carbonyl (C=O) groups excluding carboxylic acids is 1. The van der Waals surface area contributed by atoms with Crippen molar-refractivity contribution in [3.63, 3.8) is 0 Å². The SMILES string of the molecule is Cc1cc(Cl)cc2sc(N(CCCN(C)C)C(=O)COc3ccccc3)nc12.Cl. The average Bonchev–Trinajstić information content (AvgIpc) is 3.08. The van der Waals surface area contributed by atoms with Gasteiger partial charge < -0.3 is 9.64 Å². The highest BCUT2D eigenvalue weighted by Crippen LogP contribution is 2.33. The number of nitrogens with zero attached hydrogens (tertiary/aromatic N) is 3. The van der Waals surface area contributed by atoms with Gasteiger partial charge in [-0.1, -0.05) is 41.1 Å². The van der Waals surface area contributed by atoms with Gasteiger partial charge in [-0.15, -0.1) is 12.4 Å². The Morgan fingerprint density at radius 3 is 2.59 bits per heavy atom. The molecule has 3 aromatic rings. The van der Waals surface area contributed by atoms with E-state index in [1.165, 1.54) is 11.3 Å². The second-order valence-electron chi connectivity index (χ2n) is 6.87. The lowest BCUT2D eigenvalue weighted by Gasteiger charge is -2.21. The quantitative estimate of drug-likeness (QED) is 0.478. The molecule has 3 rings (SSSR count). The van der Waals surface area contributed by atoms with Gasteiger partial charge >= 0.3 is 0 Å². The van der Waals surface area contributed by atoms with Gasteiger partial charge in [0.2, 0.25) is 0 Å².